The number of ether oxygens (including phenoxy) is 1. The van der Waals surface area contributed by atoms with Gasteiger partial charge in [-0.2, -0.15) is 0 Å². The summed E-state index contributed by atoms with van der Waals surface area (Å²) in [5, 5.41) is 2.94. The van der Waals surface area contributed by atoms with E-state index in [0.29, 0.717) is 11.7 Å². The third-order valence-corrected chi connectivity index (χ3v) is 5.60. The van der Waals surface area contributed by atoms with Crippen LogP contribution in [-0.4, -0.2) is 32.5 Å². The van der Waals surface area contributed by atoms with E-state index in [2.05, 4.69) is 24.8 Å². The third-order valence-electron chi connectivity index (χ3n) is 5.60. The topological polar surface area (TPSA) is 108 Å². The molecule has 0 unspecified atom stereocenters. The molecule has 0 saturated heterocycles. The minimum atomic E-state index is -0.107. The quantitative estimate of drug-likeness (QED) is 0.520. The smallest absolute Gasteiger partial charge is 0.228 e. The molecule has 3 aromatic heterocycles. The van der Waals surface area contributed by atoms with Crippen LogP contribution in [0.1, 0.15) is 23.2 Å². The molecule has 5 rings (SSSR count). The summed E-state index contributed by atoms with van der Waals surface area (Å²) >= 11 is 0. The highest BCUT2D eigenvalue weighted by Crippen LogP contribution is 2.36. The molecule has 1 amide bonds. The Hall–Kier alpha value is -3.94. The van der Waals surface area contributed by atoms with Crippen LogP contribution in [-0.2, 0) is 24.1 Å². The molecule has 8 heteroatoms. The Kier molecular flexibility index (Phi) is 4.74. The molecule has 0 aliphatic heterocycles. The average Bonchev–Trinajstić information content (AvgIpc) is 3.37. The molecule has 1 aromatic carbocycles. The van der Waals surface area contributed by atoms with Gasteiger partial charge in [0.15, 0.2) is 5.82 Å². The summed E-state index contributed by atoms with van der Waals surface area (Å²) in [7, 11) is 1.56. The molecule has 8 nitrogen and oxygen atoms in total. The molecule has 1 aliphatic carbocycles. The number of nitrogen functional groups attached to an aromatic ring is 1. The monoisotopic (exact) mass is 414 g/mol. The van der Waals surface area contributed by atoms with E-state index >= 15 is 0 Å². The molecule has 1 aliphatic rings. The zero-order chi connectivity index (χ0) is 21.4. The number of pyridine rings is 1. The number of methoxy groups -OCH3 is 1. The van der Waals surface area contributed by atoms with Gasteiger partial charge in [0, 0.05) is 29.3 Å². The van der Waals surface area contributed by atoms with Crippen LogP contribution < -0.4 is 15.8 Å². The molecule has 0 spiro atoms. The highest BCUT2D eigenvalue weighted by Gasteiger charge is 2.25. The van der Waals surface area contributed by atoms with Gasteiger partial charge in [-0.05, 0) is 54.7 Å². The van der Waals surface area contributed by atoms with Gasteiger partial charge in [0.05, 0.1) is 19.0 Å². The summed E-state index contributed by atoms with van der Waals surface area (Å²) in [6.07, 6.45) is 6.51. The summed E-state index contributed by atoms with van der Waals surface area (Å²) in [5.74, 6) is 0.893. The van der Waals surface area contributed by atoms with Crippen molar-refractivity contribution in [2.75, 3.05) is 18.2 Å². The SMILES string of the molecule is COc1ccc(CC(=O)Nc2ccc(-n3c4c(c5ncnc(N)c53)CCC4)cc2)cn1. The molecule has 0 radical (unpaired) electrons. The number of nitrogens with one attached hydrogen (secondary N) is 1. The molecule has 31 heavy (non-hydrogen) atoms. The van der Waals surface area contributed by atoms with Crippen molar-refractivity contribution < 1.29 is 9.53 Å². The van der Waals surface area contributed by atoms with E-state index in [4.69, 9.17) is 10.5 Å². The minimum Gasteiger partial charge on any atom is -0.481 e. The van der Waals surface area contributed by atoms with Gasteiger partial charge in [0.1, 0.15) is 11.8 Å². The maximum Gasteiger partial charge on any atom is 0.228 e. The highest BCUT2D eigenvalue weighted by atomic mass is 16.5. The second kappa shape index (κ2) is 7.71. The number of hydrogen-bond donors (Lipinski definition) is 2. The molecule has 0 fully saturated rings. The van der Waals surface area contributed by atoms with E-state index in [-0.39, 0.29) is 12.3 Å². The van der Waals surface area contributed by atoms with Crippen molar-refractivity contribution in [1.82, 2.24) is 19.5 Å². The number of rotatable bonds is 5. The lowest BCUT2D eigenvalue weighted by atomic mass is 10.2. The molecule has 0 saturated carbocycles. The fraction of sp³-hybridized carbons (Fsp3) is 0.217. The molecule has 3 heterocycles. The number of carbonyl (C=O) groups is 1. The zero-order valence-electron chi connectivity index (χ0n) is 17.1. The van der Waals surface area contributed by atoms with Crippen LogP contribution in [0, 0.1) is 0 Å². The van der Waals surface area contributed by atoms with Crippen molar-refractivity contribution >= 4 is 28.4 Å². The van der Waals surface area contributed by atoms with Gasteiger partial charge in [0.25, 0.3) is 0 Å². The number of aromatic nitrogens is 4. The van der Waals surface area contributed by atoms with Crippen LogP contribution in [0.3, 0.4) is 0 Å². The predicted molar refractivity (Wildman–Crippen MR) is 118 cm³/mol. The lowest BCUT2D eigenvalue weighted by Gasteiger charge is -2.12. The molecule has 3 N–H and O–H groups in total. The van der Waals surface area contributed by atoms with Gasteiger partial charge < -0.3 is 20.4 Å². The van der Waals surface area contributed by atoms with Gasteiger partial charge in [-0.3, -0.25) is 4.79 Å². The predicted octanol–water partition coefficient (Wildman–Crippen LogP) is 3.08. The molecule has 0 atom stereocenters. The van der Waals surface area contributed by atoms with Crippen molar-refractivity contribution in [2.45, 2.75) is 25.7 Å². The van der Waals surface area contributed by atoms with Crippen molar-refractivity contribution in [2.24, 2.45) is 0 Å². The summed E-state index contributed by atoms with van der Waals surface area (Å²) in [6.45, 7) is 0. The standard InChI is InChI=1S/C23H22N6O2/c1-31-20-10-5-14(12-25-20)11-19(30)28-15-6-8-16(9-7-15)29-18-4-2-3-17(18)21-22(29)23(24)27-13-26-21/h5-10,12-13H,2-4,11H2,1H3,(H,28,30)(H2,24,26,27). The van der Waals surface area contributed by atoms with Gasteiger partial charge in [0.2, 0.25) is 11.8 Å². The van der Waals surface area contributed by atoms with Crippen LogP contribution in [0.15, 0.2) is 48.9 Å². The lowest BCUT2D eigenvalue weighted by Crippen LogP contribution is -2.14. The molecule has 4 aromatic rings. The Balaban J connectivity index is 1.38. The van der Waals surface area contributed by atoms with Gasteiger partial charge >= 0.3 is 0 Å². The first-order valence-electron chi connectivity index (χ1n) is 10.2. The fourth-order valence-electron chi connectivity index (χ4n) is 4.20. The van der Waals surface area contributed by atoms with Crippen LogP contribution in [0.4, 0.5) is 11.5 Å². The number of carbonyl (C=O) groups excluding carboxylic acids is 1. The third kappa shape index (κ3) is 3.46. The Morgan fingerprint density at radius 2 is 1.97 bits per heavy atom. The maximum absolute atomic E-state index is 12.4. The molecular weight excluding hydrogens is 392 g/mol. The Labute approximate surface area is 179 Å². The summed E-state index contributed by atoms with van der Waals surface area (Å²) in [4.78, 5) is 25.2. The van der Waals surface area contributed by atoms with Crippen LogP contribution >= 0.6 is 0 Å². The van der Waals surface area contributed by atoms with E-state index in [1.807, 2.05) is 30.3 Å². The Morgan fingerprint density at radius 3 is 2.71 bits per heavy atom. The highest BCUT2D eigenvalue weighted by molar-refractivity contribution is 5.93. The van der Waals surface area contributed by atoms with Gasteiger partial charge in [-0.1, -0.05) is 6.07 Å². The van der Waals surface area contributed by atoms with Crippen LogP contribution in [0.5, 0.6) is 5.88 Å². The number of benzene rings is 1. The number of amides is 1. The average molecular weight is 414 g/mol. The maximum atomic E-state index is 12.4. The normalized spacial score (nSPS) is 12.7. The minimum absolute atomic E-state index is 0.107. The largest absolute Gasteiger partial charge is 0.481 e. The number of aryl methyl sites for hydroxylation is 1. The first kappa shape index (κ1) is 19.0. The van der Waals surface area contributed by atoms with E-state index in [0.717, 1.165) is 47.2 Å². The first-order chi connectivity index (χ1) is 15.1. The summed E-state index contributed by atoms with van der Waals surface area (Å²) in [5.41, 5.74) is 13.0. The zero-order valence-corrected chi connectivity index (χ0v) is 17.1. The first-order valence-corrected chi connectivity index (χ1v) is 10.2. The van der Waals surface area contributed by atoms with Crippen molar-refractivity contribution in [1.29, 1.82) is 0 Å². The number of fused-ring (bicyclic) bond motifs is 3. The molecule has 0 bridgehead atoms. The number of hydrogen-bond acceptors (Lipinski definition) is 6. The van der Waals surface area contributed by atoms with E-state index in [1.165, 1.54) is 17.6 Å². The van der Waals surface area contributed by atoms with Crippen molar-refractivity contribution in [3.63, 3.8) is 0 Å². The fourth-order valence-corrected chi connectivity index (χ4v) is 4.20. The second-order valence-electron chi connectivity index (χ2n) is 7.55. The Bertz CT molecular complexity index is 1260. The van der Waals surface area contributed by atoms with Gasteiger partial charge in [-0.15, -0.1) is 0 Å². The summed E-state index contributed by atoms with van der Waals surface area (Å²) < 4.78 is 7.20. The van der Waals surface area contributed by atoms with E-state index in [1.54, 1.807) is 19.4 Å². The Morgan fingerprint density at radius 1 is 1.13 bits per heavy atom. The number of nitrogens with zero attached hydrogens (tertiary/aromatic N) is 4. The van der Waals surface area contributed by atoms with E-state index in [9.17, 15) is 4.79 Å². The lowest BCUT2D eigenvalue weighted by molar-refractivity contribution is -0.115. The van der Waals surface area contributed by atoms with Crippen LogP contribution in [0.25, 0.3) is 16.7 Å². The van der Waals surface area contributed by atoms with Crippen molar-refractivity contribution in [3.8, 4) is 11.6 Å². The van der Waals surface area contributed by atoms with Crippen molar-refractivity contribution in [3.05, 3.63) is 65.7 Å². The molecular formula is C23H22N6O2. The second-order valence-corrected chi connectivity index (χ2v) is 7.55. The van der Waals surface area contributed by atoms with Gasteiger partial charge in [-0.25, -0.2) is 15.0 Å². The summed E-state index contributed by atoms with van der Waals surface area (Å²) in [6, 6.07) is 11.3. The number of anilines is 2. The molecule has 156 valence electrons. The van der Waals surface area contributed by atoms with E-state index < -0.39 is 0 Å². The van der Waals surface area contributed by atoms with Crippen LogP contribution in [0.2, 0.25) is 0 Å². The number of nitrogens with two attached hydrogens (primary N) is 1.